The minimum Gasteiger partial charge on any atom is -0.491 e. The molecule has 0 radical (unpaired) electrons. The van der Waals surface area contributed by atoms with E-state index in [0.29, 0.717) is 24.7 Å². The topological polar surface area (TPSA) is 67.8 Å². The number of rotatable bonds is 10. The van der Waals surface area contributed by atoms with Crippen LogP contribution < -0.4 is 19.3 Å². The van der Waals surface area contributed by atoms with E-state index in [9.17, 15) is 10.2 Å². The molecular weight excluding hydrogens is 356 g/mol. The second kappa shape index (κ2) is 11.6. The molecule has 0 saturated carbocycles. The SMILES string of the molecule is OC(COc1cccc(OCC(O)C[NH+]2CCCCC2)c1)C[NH+]1CCCCC1. The van der Waals surface area contributed by atoms with E-state index in [1.165, 1.54) is 48.3 Å². The van der Waals surface area contributed by atoms with Crippen LogP contribution in [0.2, 0.25) is 0 Å². The molecule has 0 aromatic heterocycles. The molecular formula is C22H38N2O4+2. The first-order valence-corrected chi connectivity index (χ1v) is 11.1. The number of nitrogens with one attached hydrogen (secondary N) is 2. The lowest BCUT2D eigenvalue weighted by Crippen LogP contribution is -3.14. The van der Waals surface area contributed by atoms with E-state index in [0.717, 1.165) is 39.3 Å². The van der Waals surface area contributed by atoms with Gasteiger partial charge in [0.25, 0.3) is 0 Å². The summed E-state index contributed by atoms with van der Waals surface area (Å²) in [6.07, 6.45) is 6.76. The zero-order valence-corrected chi connectivity index (χ0v) is 17.1. The fourth-order valence-corrected chi connectivity index (χ4v) is 4.33. The molecule has 4 N–H and O–H groups in total. The third-order valence-electron chi connectivity index (χ3n) is 5.86. The van der Waals surface area contributed by atoms with Crippen molar-refractivity contribution < 1.29 is 29.5 Å². The molecule has 6 nitrogen and oxygen atoms in total. The number of piperidine rings is 2. The molecule has 2 unspecified atom stereocenters. The Bertz CT molecular complexity index is 514. The highest BCUT2D eigenvalue weighted by Gasteiger charge is 2.19. The van der Waals surface area contributed by atoms with Gasteiger partial charge < -0.3 is 29.5 Å². The lowest BCUT2D eigenvalue weighted by Gasteiger charge is -2.26. The molecule has 2 aliphatic rings. The Labute approximate surface area is 169 Å². The highest BCUT2D eigenvalue weighted by atomic mass is 16.5. The van der Waals surface area contributed by atoms with Crippen molar-refractivity contribution in [1.82, 2.24) is 0 Å². The Balaban J connectivity index is 1.36. The number of quaternary nitrogens is 2. The van der Waals surface area contributed by atoms with Crippen molar-refractivity contribution >= 4 is 0 Å². The molecule has 0 spiro atoms. The van der Waals surface area contributed by atoms with Crippen LogP contribution in [0.25, 0.3) is 0 Å². The monoisotopic (exact) mass is 394 g/mol. The van der Waals surface area contributed by atoms with Crippen LogP contribution >= 0.6 is 0 Å². The van der Waals surface area contributed by atoms with Gasteiger partial charge in [0.05, 0.1) is 26.2 Å². The second-order valence-corrected chi connectivity index (χ2v) is 8.43. The summed E-state index contributed by atoms with van der Waals surface area (Å²) in [5.41, 5.74) is 0. The van der Waals surface area contributed by atoms with Gasteiger partial charge in [-0.25, -0.2) is 0 Å². The van der Waals surface area contributed by atoms with Crippen LogP contribution in [0.3, 0.4) is 0 Å². The molecule has 28 heavy (non-hydrogen) atoms. The van der Waals surface area contributed by atoms with Crippen LogP contribution in [0.5, 0.6) is 11.5 Å². The first kappa shape index (κ1) is 21.4. The van der Waals surface area contributed by atoms with Gasteiger partial charge >= 0.3 is 0 Å². The lowest BCUT2D eigenvalue weighted by atomic mass is 10.1. The summed E-state index contributed by atoms with van der Waals surface area (Å²) in [6.45, 7) is 6.72. The van der Waals surface area contributed by atoms with Crippen LogP contribution in [-0.2, 0) is 0 Å². The fourth-order valence-electron chi connectivity index (χ4n) is 4.33. The van der Waals surface area contributed by atoms with Crippen molar-refractivity contribution in [2.24, 2.45) is 0 Å². The van der Waals surface area contributed by atoms with Gasteiger partial charge in [-0.3, -0.25) is 0 Å². The highest BCUT2D eigenvalue weighted by molar-refractivity contribution is 5.32. The number of aliphatic hydroxyl groups excluding tert-OH is 2. The second-order valence-electron chi connectivity index (χ2n) is 8.43. The van der Waals surface area contributed by atoms with Gasteiger partial charge in [-0.2, -0.15) is 0 Å². The number of aliphatic hydroxyl groups is 2. The van der Waals surface area contributed by atoms with E-state index in [1.54, 1.807) is 0 Å². The summed E-state index contributed by atoms with van der Waals surface area (Å²) in [4.78, 5) is 2.95. The molecule has 3 rings (SSSR count). The molecule has 0 bridgehead atoms. The van der Waals surface area contributed by atoms with Crippen LogP contribution in [0, 0.1) is 0 Å². The molecule has 0 aliphatic carbocycles. The Kier molecular flexibility index (Phi) is 8.86. The van der Waals surface area contributed by atoms with Crippen molar-refractivity contribution in [3.8, 4) is 11.5 Å². The van der Waals surface area contributed by atoms with Gasteiger partial charge in [-0.15, -0.1) is 0 Å². The lowest BCUT2D eigenvalue weighted by molar-refractivity contribution is -0.908. The predicted molar refractivity (Wildman–Crippen MR) is 108 cm³/mol. The van der Waals surface area contributed by atoms with Crippen molar-refractivity contribution in [3.05, 3.63) is 24.3 Å². The zero-order chi connectivity index (χ0) is 19.6. The maximum absolute atomic E-state index is 10.3. The average molecular weight is 395 g/mol. The largest absolute Gasteiger partial charge is 0.491 e. The molecule has 1 aromatic carbocycles. The maximum atomic E-state index is 10.3. The Morgan fingerprint density at radius 3 is 1.57 bits per heavy atom. The summed E-state index contributed by atoms with van der Waals surface area (Å²) in [5.74, 6) is 1.39. The van der Waals surface area contributed by atoms with E-state index in [4.69, 9.17) is 9.47 Å². The van der Waals surface area contributed by atoms with Crippen LogP contribution in [0.1, 0.15) is 38.5 Å². The van der Waals surface area contributed by atoms with Crippen molar-refractivity contribution in [3.63, 3.8) is 0 Å². The van der Waals surface area contributed by atoms with E-state index in [2.05, 4.69) is 0 Å². The summed E-state index contributed by atoms with van der Waals surface area (Å²) in [7, 11) is 0. The van der Waals surface area contributed by atoms with Gasteiger partial charge in [0.15, 0.2) is 0 Å². The van der Waals surface area contributed by atoms with Gasteiger partial charge in [0.1, 0.15) is 50.0 Å². The summed E-state index contributed by atoms with van der Waals surface area (Å²) >= 11 is 0. The van der Waals surface area contributed by atoms with E-state index < -0.39 is 12.2 Å². The number of benzene rings is 1. The average Bonchev–Trinajstić information content (AvgIpc) is 2.73. The molecule has 158 valence electrons. The van der Waals surface area contributed by atoms with Gasteiger partial charge in [0.2, 0.25) is 0 Å². The third kappa shape index (κ3) is 7.59. The smallest absolute Gasteiger partial charge is 0.137 e. The molecule has 1 aromatic rings. The molecule has 2 fully saturated rings. The maximum Gasteiger partial charge on any atom is 0.137 e. The first-order valence-electron chi connectivity index (χ1n) is 11.1. The first-order chi connectivity index (χ1) is 13.7. The number of ether oxygens (including phenoxy) is 2. The number of hydrogen-bond acceptors (Lipinski definition) is 4. The highest BCUT2D eigenvalue weighted by Crippen LogP contribution is 2.19. The van der Waals surface area contributed by atoms with Gasteiger partial charge in [0, 0.05) is 6.07 Å². The van der Waals surface area contributed by atoms with E-state index in [1.807, 2.05) is 24.3 Å². The van der Waals surface area contributed by atoms with Gasteiger partial charge in [-0.05, 0) is 50.7 Å². The molecule has 2 aliphatic heterocycles. The summed E-state index contributed by atoms with van der Waals surface area (Å²) < 4.78 is 11.5. The zero-order valence-electron chi connectivity index (χ0n) is 17.1. The molecule has 2 saturated heterocycles. The summed E-state index contributed by atoms with van der Waals surface area (Å²) in [5, 5.41) is 20.5. The van der Waals surface area contributed by atoms with Crippen molar-refractivity contribution in [2.45, 2.75) is 50.7 Å². The van der Waals surface area contributed by atoms with Crippen molar-refractivity contribution in [1.29, 1.82) is 0 Å². The predicted octanol–water partition coefficient (Wildman–Crippen LogP) is -0.696. The Morgan fingerprint density at radius 1 is 0.714 bits per heavy atom. The molecule has 6 heteroatoms. The van der Waals surface area contributed by atoms with E-state index >= 15 is 0 Å². The van der Waals surface area contributed by atoms with Crippen LogP contribution in [0.4, 0.5) is 0 Å². The number of hydrogen-bond donors (Lipinski definition) is 4. The normalized spacial score (nSPS) is 21.2. The quantitative estimate of drug-likeness (QED) is 0.424. The number of likely N-dealkylation sites (tertiary alicyclic amines) is 2. The molecule has 0 amide bonds. The Hall–Kier alpha value is -1.34. The summed E-state index contributed by atoms with van der Waals surface area (Å²) in [6, 6.07) is 7.47. The Morgan fingerprint density at radius 2 is 1.14 bits per heavy atom. The van der Waals surface area contributed by atoms with Crippen molar-refractivity contribution in [2.75, 3.05) is 52.5 Å². The minimum absolute atomic E-state index is 0.300. The molecule has 2 atom stereocenters. The minimum atomic E-state index is -0.452. The van der Waals surface area contributed by atoms with Gasteiger partial charge in [-0.1, -0.05) is 6.07 Å². The fraction of sp³-hybridized carbons (Fsp3) is 0.727. The van der Waals surface area contributed by atoms with Crippen LogP contribution in [-0.4, -0.2) is 74.9 Å². The molecule has 2 heterocycles. The standard InChI is InChI=1S/C22H36N2O4/c25-19(15-23-10-3-1-4-11-23)17-27-21-8-7-9-22(14-21)28-18-20(26)16-24-12-5-2-6-13-24/h7-9,14,19-20,25-26H,1-6,10-13,15-18H2/p+2. The third-order valence-corrected chi connectivity index (χ3v) is 5.86. The van der Waals surface area contributed by atoms with Crippen LogP contribution in [0.15, 0.2) is 24.3 Å². The van der Waals surface area contributed by atoms with E-state index in [-0.39, 0.29) is 0 Å².